The minimum atomic E-state index is -0.499. The van der Waals surface area contributed by atoms with Crippen molar-refractivity contribution < 1.29 is 19.3 Å². The van der Waals surface area contributed by atoms with Crippen LogP contribution in [-0.4, -0.2) is 40.6 Å². The normalized spacial score (nSPS) is 14.1. The first kappa shape index (κ1) is 31.5. The predicted octanol–water partition coefficient (Wildman–Crippen LogP) is 7.49. The van der Waals surface area contributed by atoms with E-state index in [0.29, 0.717) is 40.6 Å². The van der Waals surface area contributed by atoms with E-state index >= 15 is 0 Å². The lowest BCUT2D eigenvalue weighted by Gasteiger charge is -2.31. The molecule has 0 spiro atoms. The SMILES string of the molecule is Br.Fc1ccc(OCCN2C=CN(C(Cl)C(OCc3ccc(Cl)cc3Cl)c3ccc(Cl)cc3)C2)cc1.O. The molecule has 0 aromatic heterocycles. The third-order valence-corrected chi connectivity index (χ3v) is 6.79. The average Bonchev–Trinajstić information content (AvgIpc) is 3.31. The number of halogens is 6. The summed E-state index contributed by atoms with van der Waals surface area (Å²) in [6, 6.07) is 18.7. The molecule has 37 heavy (non-hydrogen) atoms. The summed E-state index contributed by atoms with van der Waals surface area (Å²) in [6.45, 7) is 1.92. The molecular formula is C26H26BrCl4FN2O3. The van der Waals surface area contributed by atoms with Crippen molar-refractivity contribution >= 4 is 63.4 Å². The largest absolute Gasteiger partial charge is 0.492 e. The van der Waals surface area contributed by atoms with Crippen LogP contribution < -0.4 is 4.74 Å². The average molecular weight is 655 g/mol. The number of alkyl halides is 1. The Bertz CT molecular complexity index is 1160. The van der Waals surface area contributed by atoms with Crippen LogP contribution in [0.1, 0.15) is 17.2 Å². The van der Waals surface area contributed by atoms with E-state index in [1.54, 1.807) is 24.3 Å². The number of rotatable bonds is 10. The Labute approximate surface area is 246 Å². The van der Waals surface area contributed by atoms with Crippen molar-refractivity contribution in [3.8, 4) is 5.75 Å². The molecule has 200 valence electrons. The Morgan fingerprint density at radius 3 is 2.24 bits per heavy atom. The molecule has 11 heteroatoms. The molecule has 0 aliphatic carbocycles. The third kappa shape index (κ3) is 8.93. The summed E-state index contributed by atoms with van der Waals surface area (Å²) >= 11 is 25.4. The number of nitrogens with zero attached hydrogens (tertiary/aromatic N) is 2. The van der Waals surface area contributed by atoms with Gasteiger partial charge in [-0.3, -0.25) is 0 Å². The molecule has 0 saturated carbocycles. The van der Waals surface area contributed by atoms with Gasteiger partial charge in [0.1, 0.15) is 29.8 Å². The maximum Gasteiger partial charge on any atom is 0.135 e. The van der Waals surface area contributed by atoms with Crippen molar-refractivity contribution in [2.75, 3.05) is 19.8 Å². The zero-order valence-electron chi connectivity index (χ0n) is 19.5. The van der Waals surface area contributed by atoms with Crippen LogP contribution in [0.15, 0.2) is 79.1 Å². The highest BCUT2D eigenvalue weighted by atomic mass is 79.9. The summed E-state index contributed by atoms with van der Waals surface area (Å²) in [5, 5.41) is 1.73. The van der Waals surface area contributed by atoms with Gasteiger partial charge in [-0.15, -0.1) is 17.0 Å². The van der Waals surface area contributed by atoms with Crippen molar-refractivity contribution in [1.82, 2.24) is 9.80 Å². The number of hydrogen-bond acceptors (Lipinski definition) is 4. The molecule has 0 radical (unpaired) electrons. The minimum absolute atomic E-state index is 0. The van der Waals surface area contributed by atoms with Gasteiger partial charge >= 0.3 is 0 Å². The fraction of sp³-hybridized carbons (Fsp3) is 0.231. The summed E-state index contributed by atoms with van der Waals surface area (Å²) in [4.78, 5) is 4.07. The van der Waals surface area contributed by atoms with Crippen molar-refractivity contribution in [2.45, 2.75) is 18.2 Å². The lowest BCUT2D eigenvalue weighted by molar-refractivity contribution is 0.00651. The Hall–Kier alpha value is -1.71. The summed E-state index contributed by atoms with van der Waals surface area (Å²) in [5.74, 6) is 0.332. The van der Waals surface area contributed by atoms with Gasteiger partial charge < -0.3 is 24.7 Å². The zero-order chi connectivity index (χ0) is 24.8. The lowest BCUT2D eigenvalue weighted by atomic mass is 10.1. The van der Waals surface area contributed by atoms with Gasteiger partial charge in [0.2, 0.25) is 0 Å². The summed E-state index contributed by atoms with van der Waals surface area (Å²) < 4.78 is 25.0. The Morgan fingerprint density at radius 1 is 0.892 bits per heavy atom. The van der Waals surface area contributed by atoms with E-state index in [9.17, 15) is 4.39 Å². The molecule has 4 rings (SSSR count). The van der Waals surface area contributed by atoms with Gasteiger partial charge in [-0.05, 0) is 59.7 Å². The predicted molar refractivity (Wildman–Crippen MR) is 153 cm³/mol. The van der Waals surface area contributed by atoms with Crippen LogP contribution in [-0.2, 0) is 11.3 Å². The first-order valence-corrected chi connectivity index (χ1v) is 12.5. The Morgan fingerprint density at radius 2 is 1.57 bits per heavy atom. The topological polar surface area (TPSA) is 56.4 Å². The Balaban J connectivity index is 0.00000241. The van der Waals surface area contributed by atoms with Crippen LogP contribution in [0.4, 0.5) is 4.39 Å². The smallest absolute Gasteiger partial charge is 0.135 e. The minimum Gasteiger partial charge on any atom is -0.492 e. The van der Waals surface area contributed by atoms with E-state index in [-0.39, 0.29) is 34.9 Å². The van der Waals surface area contributed by atoms with E-state index < -0.39 is 11.6 Å². The second-order valence-electron chi connectivity index (χ2n) is 7.96. The molecule has 1 aliphatic heterocycles. The van der Waals surface area contributed by atoms with Crippen LogP contribution in [0.5, 0.6) is 5.75 Å². The molecule has 0 fully saturated rings. The van der Waals surface area contributed by atoms with Crippen molar-refractivity contribution in [1.29, 1.82) is 0 Å². The van der Waals surface area contributed by atoms with Crippen molar-refractivity contribution in [3.05, 3.63) is 111 Å². The molecule has 2 N–H and O–H groups in total. The van der Waals surface area contributed by atoms with Crippen LogP contribution >= 0.6 is 63.4 Å². The van der Waals surface area contributed by atoms with Gasteiger partial charge in [0.25, 0.3) is 0 Å². The quantitative estimate of drug-likeness (QED) is 0.168. The highest BCUT2D eigenvalue weighted by Crippen LogP contribution is 2.32. The summed E-state index contributed by atoms with van der Waals surface area (Å²) in [5.41, 5.74) is 1.21. The van der Waals surface area contributed by atoms with Crippen molar-refractivity contribution in [2.24, 2.45) is 0 Å². The van der Waals surface area contributed by atoms with E-state index in [1.807, 2.05) is 47.6 Å². The maximum atomic E-state index is 13.0. The van der Waals surface area contributed by atoms with Gasteiger partial charge in [0.15, 0.2) is 0 Å². The van der Waals surface area contributed by atoms with Crippen molar-refractivity contribution in [3.63, 3.8) is 0 Å². The van der Waals surface area contributed by atoms with Gasteiger partial charge in [-0.25, -0.2) is 4.39 Å². The van der Waals surface area contributed by atoms with Gasteiger partial charge in [-0.2, -0.15) is 0 Å². The maximum absolute atomic E-state index is 13.0. The summed E-state index contributed by atoms with van der Waals surface area (Å²) in [7, 11) is 0. The van der Waals surface area contributed by atoms with E-state index in [1.165, 1.54) is 12.1 Å². The highest BCUT2D eigenvalue weighted by Gasteiger charge is 2.29. The molecule has 2 unspecified atom stereocenters. The standard InChI is InChI=1S/C26H23Cl4FN2O2.BrH.H2O/c27-20-4-1-18(2-5-20)25(35-16-19-3-6-21(28)15-24(19)29)26(30)33-12-11-32(17-33)13-14-34-23-9-7-22(31)8-10-23;;/h1-12,15,25-26H,13-14,16-17H2;1H;1H2. The molecule has 5 nitrogen and oxygen atoms in total. The molecular weight excluding hydrogens is 629 g/mol. The molecule has 0 bridgehead atoms. The summed E-state index contributed by atoms with van der Waals surface area (Å²) in [6.07, 6.45) is 3.43. The Kier molecular flexibility index (Phi) is 12.8. The number of benzene rings is 3. The third-order valence-electron chi connectivity index (χ3n) is 5.47. The van der Waals surface area contributed by atoms with Crippen LogP contribution in [0.25, 0.3) is 0 Å². The molecule has 2 atom stereocenters. The first-order chi connectivity index (χ1) is 16.9. The van der Waals surface area contributed by atoms with Crippen LogP contribution in [0.3, 0.4) is 0 Å². The number of hydrogen-bond donors (Lipinski definition) is 0. The van der Waals surface area contributed by atoms with Gasteiger partial charge in [-0.1, -0.05) is 64.6 Å². The molecule has 0 amide bonds. The fourth-order valence-corrected chi connectivity index (χ4v) is 4.51. The fourth-order valence-electron chi connectivity index (χ4n) is 3.58. The number of ether oxygens (including phenoxy) is 2. The van der Waals surface area contributed by atoms with E-state index in [2.05, 4.69) is 4.90 Å². The lowest BCUT2D eigenvalue weighted by Crippen LogP contribution is -2.36. The molecule has 3 aromatic carbocycles. The van der Waals surface area contributed by atoms with E-state index in [0.717, 1.165) is 11.1 Å². The van der Waals surface area contributed by atoms with E-state index in [4.69, 9.17) is 55.9 Å². The zero-order valence-corrected chi connectivity index (χ0v) is 24.2. The van der Waals surface area contributed by atoms with Gasteiger partial charge in [0.05, 0.1) is 19.8 Å². The molecule has 1 heterocycles. The molecule has 1 aliphatic rings. The monoisotopic (exact) mass is 652 g/mol. The van der Waals surface area contributed by atoms with Crippen LogP contribution in [0, 0.1) is 5.82 Å². The molecule has 3 aromatic rings. The highest BCUT2D eigenvalue weighted by molar-refractivity contribution is 8.93. The first-order valence-electron chi connectivity index (χ1n) is 10.9. The van der Waals surface area contributed by atoms with Gasteiger partial charge in [0, 0.05) is 27.5 Å². The second kappa shape index (κ2) is 15.0. The second-order valence-corrected chi connectivity index (χ2v) is 9.69. The molecule has 0 saturated heterocycles. The van der Waals surface area contributed by atoms with Crippen LogP contribution in [0.2, 0.25) is 15.1 Å².